The molecule has 0 aliphatic heterocycles. The van der Waals surface area contributed by atoms with E-state index in [4.69, 9.17) is 9.97 Å². The van der Waals surface area contributed by atoms with Gasteiger partial charge in [0.1, 0.15) is 0 Å². The molecule has 264 valence electrons. The van der Waals surface area contributed by atoms with Gasteiger partial charge in [-0.2, -0.15) is 0 Å². The minimum absolute atomic E-state index is 0.937. The summed E-state index contributed by atoms with van der Waals surface area (Å²) < 4.78 is 2.75. The lowest BCUT2D eigenvalue weighted by molar-refractivity contribution is 1.20. The molecule has 3 heteroatoms. The maximum atomic E-state index is 4.98. The maximum Gasteiger partial charge on any atom is 0.0968 e. The van der Waals surface area contributed by atoms with Gasteiger partial charge in [-0.25, -0.2) is 9.97 Å². The quantitative estimate of drug-likeness (QED) is 0.133. The summed E-state index contributed by atoms with van der Waals surface area (Å²) in [6, 6.07) is 51.8. The summed E-state index contributed by atoms with van der Waals surface area (Å²) in [6.07, 6.45) is 8.40. The van der Waals surface area contributed by atoms with Crippen LogP contribution in [0.3, 0.4) is 0 Å². The second-order valence-electron chi connectivity index (χ2n) is 14.1. The molecule has 0 bridgehead atoms. The van der Waals surface area contributed by atoms with E-state index >= 15 is 0 Å². The van der Waals surface area contributed by atoms with Crippen molar-refractivity contribution in [1.29, 1.82) is 0 Å². The number of allylic oxidation sites excluding steroid dienone is 3. The first-order valence-corrected chi connectivity index (χ1v) is 19.7. The number of aryl methyl sites for hydroxylation is 3. The van der Waals surface area contributed by atoms with Crippen molar-refractivity contribution in [2.24, 2.45) is 0 Å². The normalized spacial score (nSPS) is 11.9. The number of hydrogen-bond acceptors (Lipinski definition) is 3. The fourth-order valence-corrected chi connectivity index (χ4v) is 9.29. The van der Waals surface area contributed by atoms with Crippen LogP contribution in [0.25, 0.3) is 92.0 Å². The van der Waals surface area contributed by atoms with Crippen molar-refractivity contribution >= 4 is 80.9 Å². The Balaban J connectivity index is 0.000000147. The first-order chi connectivity index (χ1) is 27.0. The highest BCUT2D eigenvalue weighted by atomic mass is 32.1. The second-order valence-corrected chi connectivity index (χ2v) is 15.2. The second kappa shape index (κ2) is 14.4. The van der Waals surface area contributed by atoms with Crippen LogP contribution in [0.5, 0.6) is 0 Å². The van der Waals surface area contributed by atoms with Gasteiger partial charge in [0, 0.05) is 31.1 Å². The monoisotopic (exact) mass is 724 g/mol. The van der Waals surface area contributed by atoms with E-state index in [-0.39, 0.29) is 0 Å². The molecule has 8 aromatic carbocycles. The van der Waals surface area contributed by atoms with E-state index < -0.39 is 0 Å². The number of thiophene rings is 1. The Morgan fingerprint density at radius 3 is 2.02 bits per heavy atom. The van der Waals surface area contributed by atoms with E-state index in [0.29, 0.717) is 0 Å². The zero-order valence-corrected chi connectivity index (χ0v) is 32.3. The van der Waals surface area contributed by atoms with Gasteiger partial charge < -0.3 is 0 Å². The largest absolute Gasteiger partial charge is 0.249 e. The van der Waals surface area contributed by atoms with E-state index in [9.17, 15) is 0 Å². The van der Waals surface area contributed by atoms with Gasteiger partial charge in [0.25, 0.3) is 0 Å². The predicted octanol–water partition coefficient (Wildman–Crippen LogP) is 15.0. The van der Waals surface area contributed by atoms with Crippen molar-refractivity contribution in [2.75, 3.05) is 0 Å². The summed E-state index contributed by atoms with van der Waals surface area (Å²) in [4.78, 5) is 9.91. The van der Waals surface area contributed by atoms with Gasteiger partial charge in [0.15, 0.2) is 0 Å². The van der Waals surface area contributed by atoms with Gasteiger partial charge >= 0.3 is 0 Å². The highest BCUT2D eigenvalue weighted by molar-refractivity contribution is 7.26. The summed E-state index contributed by atoms with van der Waals surface area (Å²) in [5.74, 6) is 0. The van der Waals surface area contributed by atoms with Crippen LogP contribution in [0, 0.1) is 20.8 Å². The smallest absolute Gasteiger partial charge is 0.0968 e. The molecule has 2 heterocycles. The van der Waals surface area contributed by atoms with E-state index in [1.54, 1.807) is 0 Å². The highest BCUT2D eigenvalue weighted by Crippen LogP contribution is 2.46. The third-order valence-electron chi connectivity index (χ3n) is 10.7. The molecule has 0 spiro atoms. The molecule has 0 atom stereocenters. The minimum atomic E-state index is 0.937. The van der Waals surface area contributed by atoms with Crippen LogP contribution in [-0.4, -0.2) is 9.97 Å². The zero-order chi connectivity index (χ0) is 37.5. The molecule has 0 amide bonds. The van der Waals surface area contributed by atoms with Gasteiger partial charge in [-0.1, -0.05) is 158 Å². The number of aromatic nitrogens is 2. The lowest BCUT2D eigenvalue weighted by Gasteiger charge is -2.15. The van der Waals surface area contributed by atoms with Gasteiger partial charge in [-0.05, 0) is 94.6 Å². The molecule has 0 fully saturated rings. The van der Waals surface area contributed by atoms with Crippen molar-refractivity contribution in [1.82, 2.24) is 9.97 Å². The summed E-state index contributed by atoms with van der Waals surface area (Å²) in [7, 11) is 0. The average Bonchev–Trinajstić information content (AvgIpc) is 3.61. The Morgan fingerprint density at radius 1 is 0.545 bits per heavy atom. The Hall–Kier alpha value is -6.42. The first-order valence-electron chi connectivity index (χ1n) is 18.9. The molecular formula is C52H40N2S. The van der Waals surface area contributed by atoms with E-state index in [1.165, 1.54) is 74.9 Å². The lowest BCUT2D eigenvalue weighted by Crippen LogP contribution is -1.95. The van der Waals surface area contributed by atoms with Crippen molar-refractivity contribution in [3.8, 4) is 22.4 Å². The molecule has 0 radical (unpaired) electrons. The van der Waals surface area contributed by atoms with Crippen LogP contribution in [0.1, 0.15) is 29.3 Å². The molecule has 2 aromatic heterocycles. The molecule has 0 unspecified atom stereocenters. The molecule has 0 saturated heterocycles. The number of rotatable bonds is 4. The zero-order valence-electron chi connectivity index (χ0n) is 31.5. The van der Waals surface area contributed by atoms with Gasteiger partial charge in [0.2, 0.25) is 0 Å². The Morgan fingerprint density at radius 2 is 1.22 bits per heavy atom. The fraction of sp³-hybridized carbons (Fsp3) is 0.0769. The number of benzene rings is 8. The summed E-state index contributed by atoms with van der Waals surface area (Å²) in [6.45, 7) is 8.59. The predicted molar refractivity (Wildman–Crippen MR) is 240 cm³/mol. The molecule has 55 heavy (non-hydrogen) atoms. The minimum Gasteiger partial charge on any atom is -0.249 e. The molecule has 10 rings (SSSR count). The first kappa shape index (κ1) is 34.4. The molecule has 0 aliphatic carbocycles. The van der Waals surface area contributed by atoms with Crippen molar-refractivity contribution in [2.45, 2.75) is 27.7 Å². The Kier molecular flexibility index (Phi) is 9.01. The van der Waals surface area contributed by atoms with Crippen LogP contribution >= 0.6 is 11.3 Å². The fourth-order valence-electron chi connectivity index (χ4n) is 8.02. The van der Waals surface area contributed by atoms with Crippen molar-refractivity contribution in [3.05, 3.63) is 186 Å². The average molecular weight is 725 g/mol. The number of fused-ring (bicyclic) bond motifs is 9. The van der Waals surface area contributed by atoms with Crippen LogP contribution in [0.4, 0.5) is 0 Å². The van der Waals surface area contributed by atoms with Gasteiger partial charge in [-0.15, -0.1) is 11.3 Å². The lowest BCUT2D eigenvalue weighted by atomic mass is 9.89. The standard InChI is InChI=1S/C29H24S.C23H16N2/c1-4-5-6-12-21-16-17-25-26(18-21)30-29-20(3)27(22-13-8-7-11-19(22)2)23-14-9-10-15-24(23)28(25)29;1-15-22(20-12-6-9-16-7-2-4-10-18(16)20)25-21-14-13-17-8-3-5-11-19(17)23(21)24-15/h4-18H,1-3H3;2-14H,1H3/b5-4-,12-6-;. The third-order valence-corrected chi connectivity index (χ3v) is 12.0. The SMILES string of the molecule is C/C=C\C=C/c1ccc2c(c1)sc1c(C)c(-c3ccccc3C)c3ccccc3c12.Cc1nc2c(ccc3ccccc32)nc1-c1cccc2ccccc12. The molecule has 2 nitrogen and oxygen atoms in total. The van der Waals surface area contributed by atoms with E-state index in [1.807, 2.05) is 25.2 Å². The summed E-state index contributed by atoms with van der Waals surface area (Å²) in [5.41, 5.74) is 11.6. The van der Waals surface area contributed by atoms with Gasteiger partial charge in [0.05, 0.1) is 22.4 Å². The molecule has 0 aliphatic rings. The highest BCUT2D eigenvalue weighted by Gasteiger charge is 2.18. The van der Waals surface area contributed by atoms with E-state index in [2.05, 4.69) is 184 Å². The molecule has 10 aromatic rings. The maximum absolute atomic E-state index is 4.98. The van der Waals surface area contributed by atoms with Crippen LogP contribution in [-0.2, 0) is 0 Å². The van der Waals surface area contributed by atoms with Crippen molar-refractivity contribution < 1.29 is 0 Å². The third kappa shape index (κ3) is 6.17. The topological polar surface area (TPSA) is 25.8 Å². The van der Waals surface area contributed by atoms with Crippen LogP contribution in [0.2, 0.25) is 0 Å². The van der Waals surface area contributed by atoms with Gasteiger partial charge in [-0.3, -0.25) is 0 Å². The van der Waals surface area contributed by atoms with E-state index in [0.717, 1.165) is 33.4 Å². The number of hydrogen-bond donors (Lipinski definition) is 0. The Labute approximate surface area is 325 Å². The molecule has 0 N–H and O–H groups in total. The Bertz CT molecular complexity index is 3140. The molecule has 0 saturated carbocycles. The molecular weight excluding hydrogens is 685 g/mol. The van der Waals surface area contributed by atoms with Crippen LogP contribution < -0.4 is 0 Å². The number of nitrogens with zero attached hydrogens (tertiary/aromatic N) is 2. The summed E-state index contributed by atoms with van der Waals surface area (Å²) in [5, 5.41) is 10.2. The van der Waals surface area contributed by atoms with Crippen LogP contribution in [0.15, 0.2) is 164 Å². The van der Waals surface area contributed by atoms with Crippen molar-refractivity contribution in [3.63, 3.8) is 0 Å². The summed E-state index contributed by atoms with van der Waals surface area (Å²) >= 11 is 1.92.